The van der Waals surface area contributed by atoms with E-state index in [4.69, 9.17) is 10.5 Å². The van der Waals surface area contributed by atoms with Gasteiger partial charge < -0.3 is 10.5 Å². The number of rotatable bonds is 1. The van der Waals surface area contributed by atoms with E-state index in [0.29, 0.717) is 5.92 Å². The molecular weight excluding hydrogens is 186 g/mol. The van der Waals surface area contributed by atoms with Gasteiger partial charge in [-0.2, -0.15) is 0 Å². The summed E-state index contributed by atoms with van der Waals surface area (Å²) in [4.78, 5) is 0. The molecule has 2 heteroatoms. The molecule has 1 aromatic carbocycles. The smallest absolute Gasteiger partial charge is 0.124 e. The summed E-state index contributed by atoms with van der Waals surface area (Å²) in [6, 6.07) is 8.18. The van der Waals surface area contributed by atoms with Gasteiger partial charge in [-0.15, -0.1) is 0 Å². The van der Waals surface area contributed by atoms with Gasteiger partial charge in [-0.05, 0) is 18.9 Å². The minimum absolute atomic E-state index is 0.0994. The van der Waals surface area contributed by atoms with Crippen LogP contribution >= 0.6 is 0 Å². The molecular formula is C13H19NO. The Hall–Kier alpha value is -1.02. The first kappa shape index (κ1) is 10.5. The summed E-state index contributed by atoms with van der Waals surface area (Å²) < 4.78 is 6.07. The van der Waals surface area contributed by atoms with Crippen molar-refractivity contribution in [3.8, 4) is 5.75 Å². The average molecular weight is 205 g/mol. The van der Waals surface area contributed by atoms with Gasteiger partial charge in [0.1, 0.15) is 11.4 Å². The fraction of sp³-hybridized carbons (Fsp3) is 0.538. The number of ether oxygens (including phenoxy) is 1. The van der Waals surface area contributed by atoms with Gasteiger partial charge >= 0.3 is 0 Å². The highest BCUT2D eigenvalue weighted by Crippen LogP contribution is 2.41. The molecule has 1 aromatic rings. The van der Waals surface area contributed by atoms with Gasteiger partial charge in [-0.1, -0.05) is 32.0 Å². The molecule has 2 atom stereocenters. The molecule has 1 aliphatic rings. The molecule has 82 valence electrons. The summed E-state index contributed by atoms with van der Waals surface area (Å²) in [5.41, 5.74) is 7.18. The highest BCUT2D eigenvalue weighted by atomic mass is 16.5. The summed E-state index contributed by atoms with van der Waals surface area (Å²) in [5, 5.41) is 0. The number of hydrogen-bond donors (Lipinski definition) is 1. The van der Waals surface area contributed by atoms with Crippen molar-refractivity contribution < 1.29 is 4.74 Å². The Labute approximate surface area is 91.4 Å². The van der Waals surface area contributed by atoms with Crippen LogP contribution in [-0.2, 0) is 0 Å². The zero-order valence-corrected chi connectivity index (χ0v) is 9.66. The maximum atomic E-state index is 6.18. The molecule has 1 heterocycles. The molecule has 0 bridgehead atoms. The standard InChI is InChI=1S/C13H19NO/c1-9(2)13(3)8-11(14)10-6-4-5-7-12(10)15-13/h4-7,9,11H,8,14H2,1-3H3. The first-order chi connectivity index (χ1) is 7.03. The molecule has 0 amide bonds. The van der Waals surface area contributed by atoms with Crippen LogP contribution < -0.4 is 10.5 Å². The molecule has 0 saturated heterocycles. The highest BCUT2D eigenvalue weighted by Gasteiger charge is 2.38. The SMILES string of the molecule is CC(C)C1(C)CC(N)c2ccccc2O1. The summed E-state index contributed by atoms with van der Waals surface area (Å²) in [6.45, 7) is 6.51. The van der Waals surface area contributed by atoms with E-state index in [-0.39, 0.29) is 11.6 Å². The molecule has 2 nitrogen and oxygen atoms in total. The van der Waals surface area contributed by atoms with Gasteiger partial charge in [0.05, 0.1) is 0 Å². The monoisotopic (exact) mass is 205 g/mol. The van der Waals surface area contributed by atoms with Gasteiger partial charge in [0, 0.05) is 18.0 Å². The number of nitrogens with two attached hydrogens (primary N) is 1. The Morgan fingerprint density at radius 3 is 2.73 bits per heavy atom. The molecule has 0 aromatic heterocycles. The topological polar surface area (TPSA) is 35.2 Å². The molecule has 1 aliphatic heterocycles. The van der Waals surface area contributed by atoms with E-state index in [0.717, 1.165) is 17.7 Å². The number of benzene rings is 1. The second-order valence-corrected chi connectivity index (χ2v) is 4.92. The fourth-order valence-corrected chi connectivity index (χ4v) is 2.07. The van der Waals surface area contributed by atoms with E-state index >= 15 is 0 Å². The molecule has 0 radical (unpaired) electrons. The second kappa shape index (κ2) is 3.53. The lowest BCUT2D eigenvalue weighted by Gasteiger charge is -2.41. The van der Waals surface area contributed by atoms with Crippen LogP contribution in [0.4, 0.5) is 0 Å². The van der Waals surface area contributed by atoms with Crippen molar-refractivity contribution in [2.24, 2.45) is 11.7 Å². The lowest BCUT2D eigenvalue weighted by atomic mass is 9.81. The van der Waals surface area contributed by atoms with Crippen molar-refractivity contribution >= 4 is 0 Å². The predicted octanol–water partition coefficient (Wildman–Crippen LogP) is 2.88. The van der Waals surface area contributed by atoms with E-state index < -0.39 is 0 Å². The first-order valence-corrected chi connectivity index (χ1v) is 5.56. The third kappa shape index (κ3) is 1.74. The lowest BCUT2D eigenvalue weighted by molar-refractivity contribution is 0.0108. The fourth-order valence-electron chi connectivity index (χ4n) is 2.07. The van der Waals surface area contributed by atoms with Crippen LogP contribution in [0.2, 0.25) is 0 Å². The molecule has 0 spiro atoms. The van der Waals surface area contributed by atoms with Crippen molar-refractivity contribution in [1.82, 2.24) is 0 Å². The Morgan fingerprint density at radius 2 is 2.07 bits per heavy atom. The second-order valence-electron chi connectivity index (χ2n) is 4.92. The molecule has 2 rings (SSSR count). The van der Waals surface area contributed by atoms with E-state index in [9.17, 15) is 0 Å². The van der Waals surface area contributed by atoms with Crippen molar-refractivity contribution in [3.05, 3.63) is 29.8 Å². The third-order valence-electron chi connectivity index (χ3n) is 3.51. The molecule has 0 fully saturated rings. The van der Waals surface area contributed by atoms with Crippen LogP contribution in [0.25, 0.3) is 0 Å². The normalized spacial score (nSPS) is 29.8. The van der Waals surface area contributed by atoms with Crippen molar-refractivity contribution in [1.29, 1.82) is 0 Å². The van der Waals surface area contributed by atoms with E-state index in [1.54, 1.807) is 0 Å². The largest absolute Gasteiger partial charge is 0.487 e. The number of para-hydroxylation sites is 1. The summed E-state index contributed by atoms with van der Waals surface area (Å²) >= 11 is 0. The van der Waals surface area contributed by atoms with Gasteiger partial charge in [0.2, 0.25) is 0 Å². The van der Waals surface area contributed by atoms with Crippen LogP contribution in [0.15, 0.2) is 24.3 Å². The minimum atomic E-state index is -0.131. The number of fused-ring (bicyclic) bond motifs is 1. The summed E-state index contributed by atoms with van der Waals surface area (Å²) in [5.74, 6) is 1.42. The van der Waals surface area contributed by atoms with Crippen molar-refractivity contribution in [2.75, 3.05) is 0 Å². The maximum Gasteiger partial charge on any atom is 0.124 e. The zero-order valence-electron chi connectivity index (χ0n) is 9.66. The Bertz CT molecular complexity index is 361. The summed E-state index contributed by atoms with van der Waals surface area (Å²) in [6.07, 6.45) is 0.891. The Morgan fingerprint density at radius 1 is 1.40 bits per heavy atom. The maximum absolute atomic E-state index is 6.18. The van der Waals surface area contributed by atoms with Gasteiger partial charge in [0.15, 0.2) is 0 Å². The first-order valence-electron chi connectivity index (χ1n) is 5.56. The van der Waals surface area contributed by atoms with Gasteiger partial charge in [-0.25, -0.2) is 0 Å². The minimum Gasteiger partial charge on any atom is -0.487 e. The summed E-state index contributed by atoms with van der Waals surface area (Å²) in [7, 11) is 0. The highest BCUT2D eigenvalue weighted by molar-refractivity contribution is 5.38. The van der Waals surface area contributed by atoms with Gasteiger partial charge in [-0.3, -0.25) is 0 Å². The quantitative estimate of drug-likeness (QED) is 0.765. The van der Waals surface area contributed by atoms with Crippen LogP contribution in [-0.4, -0.2) is 5.60 Å². The lowest BCUT2D eigenvalue weighted by Crippen LogP contribution is -2.44. The van der Waals surface area contributed by atoms with Crippen molar-refractivity contribution in [2.45, 2.75) is 38.8 Å². The molecule has 2 N–H and O–H groups in total. The van der Waals surface area contributed by atoms with Crippen molar-refractivity contribution in [3.63, 3.8) is 0 Å². The molecule has 2 unspecified atom stereocenters. The van der Waals surface area contributed by atoms with Crippen LogP contribution in [0.3, 0.4) is 0 Å². The van der Waals surface area contributed by atoms with Gasteiger partial charge in [0.25, 0.3) is 0 Å². The van der Waals surface area contributed by atoms with E-state index in [1.807, 2.05) is 18.2 Å². The predicted molar refractivity (Wildman–Crippen MR) is 61.9 cm³/mol. The van der Waals surface area contributed by atoms with E-state index in [1.165, 1.54) is 0 Å². The van der Waals surface area contributed by atoms with Crippen LogP contribution in [0, 0.1) is 5.92 Å². The Kier molecular flexibility index (Phi) is 2.47. The molecule has 0 saturated carbocycles. The zero-order chi connectivity index (χ0) is 11.1. The molecule has 15 heavy (non-hydrogen) atoms. The van der Waals surface area contributed by atoms with E-state index in [2.05, 4.69) is 26.8 Å². The molecule has 0 aliphatic carbocycles. The van der Waals surface area contributed by atoms with Crippen LogP contribution in [0.5, 0.6) is 5.75 Å². The number of hydrogen-bond acceptors (Lipinski definition) is 2. The van der Waals surface area contributed by atoms with Crippen LogP contribution in [0.1, 0.15) is 38.8 Å². The Balaban J connectivity index is 2.38. The average Bonchev–Trinajstić information content (AvgIpc) is 2.17. The third-order valence-corrected chi connectivity index (χ3v) is 3.51.